The standard InChI is InChI=1S/C20H22O6/c1-19(2,15-9-5-13(6-10-15)17(21)22)25-26-20(3,4)16-11-7-14(8-12-16)18(23)24/h5-12H,1-4H3,(H,21,22)(H,23,24). The van der Waals surface area contributed by atoms with E-state index >= 15 is 0 Å². The lowest BCUT2D eigenvalue weighted by atomic mass is 9.96. The van der Waals surface area contributed by atoms with Crippen LogP contribution in [-0.4, -0.2) is 22.2 Å². The summed E-state index contributed by atoms with van der Waals surface area (Å²) in [6.45, 7) is 7.25. The molecule has 0 aliphatic carbocycles. The second-order valence-electron chi connectivity index (χ2n) is 6.95. The molecule has 138 valence electrons. The van der Waals surface area contributed by atoms with Gasteiger partial charge in [-0.3, -0.25) is 0 Å². The number of rotatable bonds is 7. The zero-order valence-electron chi connectivity index (χ0n) is 15.1. The van der Waals surface area contributed by atoms with Crippen molar-refractivity contribution < 1.29 is 29.6 Å². The lowest BCUT2D eigenvalue weighted by Gasteiger charge is -2.31. The first-order valence-electron chi connectivity index (χ1n) is 8.07. The lowest BCUT2D eigenvalue weighted by Crippen LogP contribution is -2.29. The van der Waals surface area contributed by atoms with Gasteiger partial charge in [-0.15, -0.1) is 0 Å². The molecular weight excluding hydrogens is 336 g/mol. The monoisotopic (exact) mass is 358 g/mol. The Morgan fingerprint density at radius 2 is 0.923 bits per heavy atom. The predicted molar refractivity (Wildman–Crippen MR) is 95.0 cm³/mol. The number of carboxylic acids is 2. The zero-order valence-corrected chi connectivity index (χ0v) is 15.1. The molecule has 0 bridgehead atoms. The van der Waals surface area contributed by atoms with Crippen LogP contribution >= 0.6 is 0 Å². The quantitative estimate of drug-likeness (QED) is 0.569. The van der Waals surface area contributed by atoms with Crippen molar-refractivity contribution in [2.24, 2.45) is 0 Å². The molecule has 6 nitrogen and oxygen atoms in total. The minimum absolute atomic E-state index is 0.198. The van der Waals surface area contributed by atoms with Crippen molar-refractivity contribution >= 4 is 11.9 Å². The van der Waals surface area contributed by atoms with E-state index in [9.17, 15) is 9.59 Å². The molecule has 0 fully saturated rings. The predicted octanol–water partition coefficient (Wildman–Crippen LogP) is 4.20. The van der Waals surface area contributed by atoms with Gasteiger partial charge < -0.3 is 10.2 Å². The Morgan fingerprint density at radius 1 is 0.654 bits per heavy atom. The van der Waals surface area contributed by atoms with Crippen molar-refractivity contribution in [2.75, 3.05) is 0 Å². The number of aromatic carboxylic acids is 2. The Balaban J connectivity index is 2.11. The SMILES string of the molecule is CC(C)(OOC(C)(C)c1ccc(C(=O)O)cc1)c1ccc(C(=O)O)cc1. The third-order valence-corrected chi connectivity index (χ3v) is 4.11. The molecule has 6 heteroatoms. The Labute approximate surface area is 151 Å². The van der Waals surface area contributed by atoms with Crippen molar-refractivity contribution in [3.05, 3.63) is 70.8 Å². The molecule has 0 saturated carbocycles. The Kier molecular flexibility index (Phi) is 5.49. The first-order chi connectivity index (χ1) is 12.0. The smallest absolute Gasteiger partial charge is 0.335 e. The van der Waals surface area contributed by atoms with Crippen LogP contribution in [0.3, 0.4) is 0 Å². The Bertz CT molecular complexity index is 719. The van der Waals surface area contributed by atoms with Gasteiger partial charge in [-0.05, 0) is 63.1 Å². The molecule has 0 unspecified atom stereocenters. The summed E-state index contributed by atoms with van der Waals surface area (Å²) in [5, 5.41) is 18.0. The van der Waals surface area contributed by atoms with Crippen LogP contribution in [0.25, 0.3) is 0 Å². The zero-order chi connectivity index (χ0) is 19.5. The molecule has 0 spiro atoms. The summed E-state index contributed by atoms with van der Waals surface area (Å²) in [5.74, 6) is -1.98. The van der Waals surface area contributed by atoms with E-state index < -0.39 is 23.1 Å². The van der Waals surface area contributed by atoms with Gasteiger partial charge in [0.25, 0.3) is 0 Å². The van der Waals surface area contributed by atoms with Crippen LogP contribution in [0.4, 0.5) is 0 Å². The van der Waals surface area contributed by atoms with Gasteiger partial charge in [0.05, 0.1) is 11.1 Å². The molecule has 0 atom stereocenters. The normalized spacial score (nSPS) is 12.0. The molecule has 0 amide bonds. The minimum Gasteiger partial charge on any atom is -0.478 e. The summed E-state index contributed by atoms with van der Waals surface area (Å²) in [6.07, 6.45) is 0. The molecule has 0 aromatic heterocycles. The number of hydrogen-bond donors (Lipinski definition) is 2. The van der Waals surface area contributed by atoms with Gasteiger partial charge in [0.1, 0.15) is 11.2 Å². The Hall–Kier alpha value is -2.70. The van der Waals surface area contributed by atoms with Crippen LogP contribution in [0.15, 0.2) is 48.5 Å². The lowest BCUT2D eigenvalue weighted by molar-refractivity contribution is -0.410. The molecule has 0 aliphatic rings. The third-order valence-electron chi connectivity index (χ3n) is 4.11. The van der Waals surface area contributed by atoms with E-state index in [2.05, 4.69) is 0 Å². The third kappa shape index (κ3) is 4.47. The van der Waals surface area contributed by atoms with Crippen molar-refractivity contribution in [3.63, 3.8) is 0 Å². The van der Waals surface area contributed by atoms with Gasteiger partial charge in [-0.1, -0.05) is 24.3 Å². The molecule has 2 aromatic rings. The van der Waals surface area contributed by atoms with Crippen molar-refractivity contribution in [1.82, 2.24) is 0 Å². The van der Waals surface area contributed by atoms with Gasteiger partial charge in [0.2, 0.25) is 0 Å². The second kappa shape index (κ2) is 7.27. The maximum Gasteiger partial charge on any atom is 0.335 e. The van der Waals surface area contributed by atoms with E-state index in [-0.39, 0.29) is 11.1 Å². The largest absolute Gasteiger partial charge is 0.478 e. The molecule has 2 N–H and O–H groups in total. The van der Waals surface area contributed by atoms with Crippen molar-refractivity contribution in [3.8, 4) is 0 Å². The Morgan fingerprint density at radius 3 is 1.15 bits per heavy atom. The van der Waals surface area contributed by atoms with Crippen LogP contribution in [0.1, 0.15) is 59.5 Å². The van der Waals surface area contributed by atoms with Crippen LogP contribution in [0, 0.1) is 0 Å². The van der Waals surface area contributed by atoms with Gasteiger partial charge in [-0.25, -0.2) is 19.4 Å². The average molecular weight is 358 g/mol. The van der Waals surface area contributed by atoms with Gasteiger partial charge in [0, 0.05) is 0 Å². The summed E-state index contributed by atoms with van der Waals surface area (Å²) in [6, 6.07) is 12.8. The van der Waals surface area contributed by atoms with Crippen molar-refractivity contribution in [2.45, 2.75) is 38.9 Å². The first-order valence-corrected chi connectivity index (χ1v) is 8.07. The number of benzene rings is 2. The van der Waals surface area contributed by atoms with E-state index in [0.29, 0.717) is 0 Å². The van der Waals surface area contributed by atoms with E-state index in [0.717, 1.165) is 11.1 Å². The van der Waals surface area contributed by atoms with Gasteiger partial charge in [-0.2, -0.15) is 0 Å². The van der Waals surface area contributed by atoms with E-state index in [1.807, 2.05) is 27.7 Å². The molecule has 0 aliphatic heterocycles. The van der Waals surface area contributed by atoms with E-state index in [1.54, 1.807) is 24.3 Å². The molecular formula is C20H22O6. The highest BCUT2D eigenvalue weighted by Gasteiger charge is 2.30. The summed E-state index contributed by atoms with van der Waals surface area (Å²) in [5.41, 5.74) is 0.303. The topological polar surface area (TPSA) is 93.1 Å². The fourth-order valence-corrected chi connectivity index (χ4v) is 2.33. The summed E-state index contributed by atoms with van der Waals surface area (Å²) in [4.78, 5) is 33.2. The highest BCUT2D eigenvalue weighted by atomic mass is 17.2. The van der Waals surface area contributed by atoms with Crippen LogP contribution < -0.4 is 0 Å². The highest BCUT2D eigenvalue weighted by molar-refractivity contribution is 5.88. The molecule has 26 heavy (non-hydrogen) atoms. The molecule has 2 aromatic carbocycles. The summed E-state index contributed by atoms with van der Waals surface area (Å²) < 4.78 is 0. The van der Waals surface area contributed by atoms with Gasteiger partial charge in [0.15, 0.2) is 0 Å². The van der Waals surface area contributed by atoms with Crippen LogP contribution in [0.2, 0.25) is 0 Å². The van der Waals surface area contributed by atoms with E-state index in [4.69, 9.17) is 20.0 Å². The average Bonchev–Trinajstić information content (AvgIpc) is 2.60. The maximum atomic E-state index is 10.9. The second-order valence-corrected chi connectivity index (χ2v) is 6.95. The molecule has 0 radical (unpaired) electrons. The molecule has 0 heterocycles. The fraction of sp³-hybridized carbons (Fsp3) is 0.300. The minimum atomic E-state index is -0.988. The van der Waals surface area contributed by atoms with Crippen molar-refractivity contribution in [1.29, 1.82) is 0 Å². The highest BCUT2D eigenvalue weighted by Crippen LogP contribution is 2.31. The van der Waals surface area contributed by atoms with Crippen LogP contribution in [0.5, 0.6) is 0 Å². The number of hydrogen-bond acceptors (Lipinski definition) is 4. The summed E-state index contributed by atoms with van der Waals surface area (Å²) >= 11 is 0. The summed E-state index contributed by atoms with van der Waals surface area (Å²) in [7, 11) is 0. The molecule has 0 saturated heterocycles. The fourth-order valence-electron chi connectivity index (χ4n) is 2.33. The number of carbonyl (C=O) groups is 2. The van der Waals surface area contributed by atoms with Crippen LogP contribution in [-0.2, 0) is 21.0 Å². The molecule has 2 rings (SSSR count). The maximum absolute atomic E-state index is 10.9. The van der Waals surface area contributed by atoms with Gasteiger partial charge >= 0.3 is 11.9 Å². The first kappa shape index (κ1) is 19.6. The number of carboxylic acid groups (broad SMARTS) is 2. The van der Waals surface area contributed by atoms with E-state index in [1.165, 1.54) is 24.3 Å².